The standard InChI is InChI=1S/C9H13ClN2O2/c1-5(4-10)11-9(13)8-6(2)12-7(3)14-8/h5H,4H2,1-3H3,(H,11,13). The van der Waals surface area contributed by atoms with Crippen LogP contribution in [0.4, 0.5) is 0 Å². The summed E-state index contributed by atoms with van der Waals surface area (Å²) in [6, 6.07) is -0.0750. The molecule has 0 aliphatic heterocycles. The number of hydrogen-bond donors (Lipinski definition) is 1. The molecular formula is C9H13ClN2O2. The maximum absolute atomic E-state index is 11.5. The summed E-state index contributed by atoms with van der Waals surface area (Å²) < 4.78 is 5.16. The lowest BCUT2D eigenvalue weighted by Crippen LogP contribution is -2.33. The van der Waals surface area contributed by atoms with E-state index in [0.717, 1.165) is 0 Å². The zero-order chi connectivity index (χ0) is 10.7. The smallest absolute Gasteiger partial charge is 0.289 e. The van der Waals surface area contributed by atoms with E-state index in [4.69, 9.17) is 16.0 Å². The third-order valence-electron chi connectivity index (χ3n) is 1.72. The highest BCUT2D eigenvalue weighted by Crippen LogP contribution is 2.09. The molecule has 0 fully saturated rings. The SMILES string of the molecule is Cc1nc(C)c(C(=O)NC(C)CCl)o1. The Morgan fingerprint density at radius 2 is 2.29 bits per heavy atom. The van der Waals surface area contributed by atoms with Crippen LogP contribution in [0.5, 0.6) is 0 Å². The van der Waals surface area contributed by atoms with Crippen molar-refractivity contribution in [2.45, 2.75) is 26.8 Å². The quantitative estimate of drug-likeness (QED) is 0.782. The van der Waals surface area contributed by atoms with E-state index in [1.165, 1.54) is 0 Å². The van der Waals surface area contributed by atoms with Crippen molar-refractivity contribution < 1.29 is 9.21 Å². The molecule has 0 saturated heterocycles. The number of carbonyl (C=O) groups excluding carboxylic acids is 1. The Hall–Kier alpha value is -1.03. The topological polar surface area (TPSA) is 55.1 Å². The number of amides is 1. The third-order valence-corrected chi connectivity index (χ3v) is 2.18. The lowest BCUT2D eigenvalue weighted by molar-refractivity contribution is 0.0913. The molecule has 0 aliphatic carbocycles. The van der Waals surface area contributed by atoms with Crippen molar-refractivity contribution in [2.24, 2.45) is 0 Å². The minimum Gasteiger partial charge on any atom is -0.436 e. The molecule has 1 heterocycles. The molecule has 1 amide bonds. The van der Waals surface area contributed by atoms with Crippen LogP contribution in [-0.4, -0.2) is 22.8 Å². The molecule has 1 rings (SSSR count). The number of nitrogens with one attached hydrogen (secondary N) is 1. The molecule has 1 unspecified atom stereocenters. The number of rotatable bonds is 3. The van der Waals surface area contributed by atoms with Gasteiger partial charge in [0, 0.05) is 18.8 Å². The molecule has 1 N–H and O–H groups in total. The van der Waals surface area contributed by atoms with E-state index in [0.29, 0.717) is 17.5 Å². The fraction of sp³-hybridized carbons (Fsp3) is 0.556. The van der Waals surface area contributed by atoms with E-state index in [9.17, 15) is 4.79 Å². The number of hydrogen-bond acceptors (Lipinski definition) is 3. The first-order valence-electron chi connectivity index (χ1n) is 4.35. The molecule has 1 atom stereocenters. The van der Waals surface area contributed by atoms with Crippen molar-refractivity contribution in [1.82, 2.24) is 10.3 Å². The van der Waals surface area contributed by atoms with Gasteiger partial charge in [0.1, 0.15) is 0 Å². The van der Waals surface area contributed by atoms with E-state index in [1.54, 1.807) is 13.8 Å². The maximum Gasteiger partial charge on any atom is 0.289 e. The van der Waals surface area contributed by atoms with Crippen molar-refractivity contribution in [3.05, 3.63) is 17.3 Å². The van der Waals surface area contributed by atoms with Gasteiger partial charge in [-0.25, -0.2) is 4.98 Å². The van der Waals surface area contributed by atoms with Gasteiger partial charge >= 0.3 is 0 Å². The van der Waals surface area contributed by atoms with Gasteiger partial charge in [0.05, 0.1) is 5.69 Å². The Balaban J connectivity index is 2.74. The Labute approximate surface area is 87.6 Å². The zero-order valence-electron chi connectivity index (χ0n) is 8.43. The van der Waals surface area contributed by atoms with Crippen molar-refractivity contribution in [2.75, 3.05) is 5.88 Å². The van der Waals surface area contributed by atoms with Crippen LogP contribution in [0.2, 0.25) is 0 Å². The number of aromatic nitrogens is 1. The average molecular weight is 217 g/mol. The number of aryl methyl sites for hydroxylation is 2. The molecule has 0 radical (unpaired) electrons. The van der Waals surface area contributed by atoms with Crippen LogP contribution < -0.4 is 5.32 Å². The van der Waals surface area contributed by atoms with Gasteiger partial charge in [-0.15, -0.1) is 11.6 Å². The molecule has 1 aromatic heterocycles. The Kier molecular flexibility index (Phi) is 3.52. The lowest BCUT2D eigenvalue weighted by Gasteiger charge is -2.08. The third kappa shape index (κ3) is 2.48. The van der Waals surface area contributed by atoms with Crippen molar-refractivity contribution >= 4 is 17.5 Å². The molecule has 0 spiro atoms. The molecule has 14 heavy (non-hydrogen) atoms. The predicted octanol–water partition coefficient (Wildman–Crippen LogP) is 1.65. The van der Waals surface area contributed by atoms with Crippen LogP contribution in [0.3, 0.4) is 0 Å². The molecule has 0 bridgehead atoms. The molecule has 0 aromatic carbocycles. The average Bonchev–Trinajstić information content (AvgIpc) is 2.45. The van der Waals surface area contributed by atoms with E-state index < -0.39 is 0 Å². The van der Waals surface area contributed by atoms with Gasteiger partial charge in [-0.1, -0.05) is 0 Å². The van der Waals surface area contributed by atoms with E-state index in [-0.39, 0.29) is 17.7 Å². The van der Waals surface area contributed by atoms with Gasteiger partial charge in [-0.2, -0.15) is 0 Å². The Morgan fingerprint density at radius 3 is 2.71 bits per heavy atom. The highest BCUT2D eigenvalue weighted by atomic mass is 35.5. The number of halogens is 1. The fourth-order valence-electron chi connectivity index (χ4n) is 1.07. The van der Waals surface area contributed by atoms with Crippen LogP contribution in [-0.2, 0) is 0 Å². The van der Waals surface area contributed by atoms with Gasteiger partial charge in [0.2, 0.25) is 5.76 Å². The molecule has 0 saturated carbocycles. The second-order valence-electron chi connectivity index (χ2n) is 3.18. The van der Waals surface area contributed by atoms with E-state index in [2.05, 4.69) is 10.3 Å². The minimum atomic E-state index is -0.267. The number of carbonyl (C=O) groups is 1. The summed E-state index contributed by atoms with van der Waals surface area (Å²) in [5.74, 6) is 0.861. The van der Waals surface area contributed by atoms with Crippen molar-refractivity contribution in [3.63, 3.8) is 0 Å². The van der Waals surface area contributed by atoms with Crippen LogP contribution in [0.1, 0.15) is 29.1 Å². The van der Waals surface area contributed by atoms with Gasteiger partial charge < -0.3 is 9.73 Å². The maximum atomic E-state index is 11.5. The van der Waals surface area contributed by atoms with E-state index >= 15 is 0 Å². The van der Waals surface area contributed by atoms with Crippen LogP contribution in [0.15, 0.2) is 4.42 Å². The molecule has 1 aromatic rings. The van der Waals surface area contributed by atoms with Crippen molar-refractivity contribution in [1.29, 1.82) is 0 Å². The summed E-state index contributed by atoms with van der Waals surface area (Å²) in [6.07, 6.45) is 0. The van der Waals surface area contributed by atoms with Gasteiger partial charge in [0.25, 0.3) is 5.91 Å². The summed E-state index contributed by atoms with van der Waals surface area (Å²) in [5.41, 5.74) is 0.599. The minimum absolute atomic E-state index is 0.0750. The summed E-state index contributed by atoms with van der Waals surface area (Å²) in [7, 11) is 0. The largest absolute Gasteiger partial charge is 0.436 e. The summed E-state index contributed by atoms with van der Waals surface area (Å²) >= 11 is 5.57. The van der Waals surface area contributed by atoms with Gasteiger partial charge in [-0.05, 0) is 13.8 Å². The van der Waals surface area contributed by atoms with Gasteiger partial charge in [0.15, 0.2) is 5.89 Å². The first-order chi connectivity index (χ1) is 6.54. The van der Waals surface area contributed by atoms with E-state index in [1.807, 2.05) is 6.92 Å². The van der Waals surface area contributed by atoms with Crippen molar-refractivity contribution in [3.8, 4) is 0 Å². The highest BCUT2D eigenvalue weighted by Gasteiger charge is 2.16. The zero-order valence-corrected chi connectivity index (χ0v) is 9.18. The van der Waals surface area contributed by atoms with Gasteiger partial charge in [-0.3, -0.25) is 4.79 Å². The second kappa shape index (κ2) is 4.46. The second-order valence-corrected chi connectivity index (χ2v) is 3.48. The Bertz CT molecular complexity index is 336. The molecule has 4 nitrogen and oxygen atoms in total. The monoisotopic (exact) mass is 216 g/mol. The van der Waals surface area contributed by atoms with Crippen LogP contribution in [0.25, 0.3) is 0 Å². The first-order valence-corrected chi connectivity index (χ1v) is 4.89. The Morgan fingerprint density at radius 1 is 1.64 bits per heavy atom. The number of nitrogens with zero attached hydrogens (tertiary/aromatic N) is 1. The number of oxazole rings is 1. The summed E-state index contributed by atoms with van der Waals surface area (Å²) in [5, 5.41) is 2.70. The number of alkyl halides is 1. The van der Waals surface area contributed by atoms with Crippen LogP contribution in [0, 0.1) is 13.8 Å². The fourth-order valence-corrected chi connectivity index (χ4v) is 1.15. The molecule has 5 heteroatoms. The first kappa shape index (κ1) is 11.0. The van der Waals surface area contributed by atoms with Crippen LogP contribution >= 0.6 is 11.6 Å². The summed E-state index contributed by atoms with van der Waals surface area (Å²) in [4.78, 5) is 15.5. The highest BCUT2D eigenvalue weighted by molar-refractivity contribution is 6.18. The molecule has 78 valence electrons. The lowest BCUT2D eigenvalue weighted by atomic mass is 10.3. The summed E-state index contributed by atoms with van der Waals surface area (Å²) in [6.45, 7) is 5.26. The molecular weight excluding hydrogens is 204 g/mol. The normalized spacial score (nSPS) is 12.6. The predicted molar refractivity (Wildman–Crippen MR) is 53.6 cm³/mol. The molecule has 0 aliphatic rings.